The van der Waals surface area contributed by atoms with Gasteiger partial charge < -0.3 is 9.64 Å². The second-order valence-electron chi connectivity index (χ2n) is 6.99. The Morgan fingerprint density at radius 2 is 2.04 bits per heavy atom. The molecular formula is C18H16F3NO5S. The van der Waals surface area contributed by atoms with Crippen molar-refractivity contribution < 1.29 is 35.6 Å². The fourth-order valence-corrected chi connectivity index (χ4v) is 4.53. The Labute approximate surface area is 158 Å². The summed E-state index contributed by atoms with van der Waals surface area (Å²) in [6.45, 7) is 2.47. The summed E-state index contributed by atoms with van der Waals surface area (Å²) >= 11 is 0. The number of hydrogen-bond donors (Lipinski definition) is 0. The third-order valence-electron chi connectivity index (χ3n) is 5.35. The zero-order valence-electron chi connectivity index (χ0n) is 14.7. The van der Waals surface area contributed by atoms with Gasteiger partial charge in [-0.25, -0.2) is 0 Å². The van der Waals surface area contributed by atoms with Crippen LogP contribution in [0.25, 0.3) is 10.8 Å². The number of alkyl halides is 2. The summed E-state index contributed by atoms with van der Waals surface area (Å²) < 4.78 is 72.2. The maximum Gasteiger partial charge on any atom is 0.398 e. The summed E-state index contributed by atoms with van der Waals surface area (Å²) in [7, 11) is -5.82. The van der Waals surface area contributed by atoms with E-state index in [1.807, 2.05) is 0 Å². The van der Waals surface area contributed by atoms with E-state index in [0.29, 0.717) is 18.7 Å². The molecule has 6 nitrogen and oxygen atoms in total. The van der Waals surface area contributed by atoms with E-state index in [2.05, 4.69) is 4.39 Å². The molecule has 0 aliphatic carbocycles. The normalized spacial score (nSPS) is 22.2. The van der Waals surface area contributed by atoms with Crippen LogP contribution < -0.4 is 0 Å². The van der Waals surface area contributed by atoms with Crippen LogP contribution in [0, 0.1) is 6.92 Å². The van der Waals surface area contributed by atoms with Crippen molar-refractivity contribution in [2.45, 2.75) is 30.7 Å². The molecule has 10 heteroatoms. The second kappa shape index (κ2) is 6.43. The number of benzene rings is 2. The molecule has 0 spiro atoms. The van der Waals surface area contributed by atoms with Gasteiger partial charge in [-0.15, -0.1) is 0 Å². The van der Waals surface area contributed by atoms with E-state index >= 15 is 0 Å². The number of ether oxygens (including phenoxy) is 1. The van der Waals surface area contributed by atoms with Crippen molar-refractivity contribution in [3.8, 4) is 0 Å². The Morgan fingerprint density at radius 1 is 1.29 bits per heavy atom. The Morgan fingerprint density at radius 3 is 2.64 bits per heavy atom. The third kappa shape index (κ3) is 2.70. The number of halogens is 3. The quantitative estimate of drug-likeness (QED) is 0.768. The van der Waals surface area contributed by atoms with E-state index in [1.54, 1.807) is 17.9 Å². The minimum absolute atomic E-state index is 0.0308. The summed E-state index contributed by atoms with van der Waals surface area (Å²) in [5.74, 6) is -0.338. The Balaban J connectivity index is 1.89. The molecule has 0 N–H and O–H groups in total. The molecule has 2 bridgehead atoms. The monoisotopic (exact) mass is 415 g/mol. The number of carbonyl (C=O) groups is 1. The number of carbonyl (C=O) groups excluding carboxylic acids is 1. The first-order valence-electron chi connectivity index (χ1n) is 8.55. The van der Waals surface area contributed by atoms with Crippen molar-refractivity contribution in [1.82, 2.24) is 4.90 Å². The maximum absolute atomic E-state index is 14.5. The lowest BCUT2D eigenvalue weighted by molar-refractivity contribution is -0.0286. The van der Waals surface area contributed by atoms with Gasteiger partial charge in [0.2, 0.25) is 0 Å². The van der Waals surface area contributed by atoms with Crippen molar-refractivity contribution in [3.05, 3.63) is 47.0 Å². The maximum atomic E-state index is 14.5. The SMILES string of the molecule is Cc1cccc2c(C(F)(F)S(=O)(=O)OF)ccc(C(=O)N3CC4CC3CO4)c12. The molecule has 2 atom stereocenters. The summed E-state index contributed by atoms with van der Waals surface area (Å²) in [6, 6.07) is 6.27. The Kier molecular flexibility index (Phi) is 4.40. The molecule has 4 rings (SSSR count). The van der Waals surface area contributed by atoms with Gasteiger partial charge in [-0.1, -0.05) is 28.7 Å². The molecule has 150 valence electrons. The smallest absolute Gasteiger partial charge is 0.374 e. The highest BCUT2D eigenvalue weighted by Gasteiger charge is 2.50. The third-order valence-corrected chi connectivity index (χ3v) is 6.36. The molecule has 2 aliphatic rings. The Hall–Kier alpha value is -2.17. The highest BCUT2D eigenvalue weighted by molar-refractivity contribution is 7.87. The molecule has 2 heterocycles. The topological polar surface area (TPSA) is 72.9 Å². The van der Waals surface area contributed by atoms with E-state index < -0.39 is 20.9 Å². The summed E-state index contributed by atoms with van der Waals surface area (Å²) in [6.07, 6.45) is 0.696. The number of likely N-dealkylation sites (tertiary alicyclic amines) is 1. The van der Waals surface area contributed by atoms with Gasteiger partial charge in [-0.3, -0.25) is 4.79 Å². The van der Waals surface area contributed by atoms with Crippen LogP contribution in [-0.2, 0) is 24.5 Å². The Bertz CT molecular complexity index is 1070. The van der Waals surface area contributed by atoms with Gasteiger partial charge in [0.1, 0.15) is 0 Å². The van der Waals surface area contributed by atoms with Gasteiger partial charge in [0.05, 0.1) is 18.8 Å². The van der Waals surface area contributed by atoms with E-state index in [9.17, 15) is 26.5 Å². The van der Waals surface area contributed by atoms with Crippen molar-refractivity contribution in [1.29, 1.82) is 0 Å². The van der Waals surface area contributed by atoms with Gasteiger partial charge in [0, 0.05) is 17.7 Å². The van der Waals surface area contributed by atoms with Crippen LogP contribution in [0.3, 0.4) is 0 Å². The largest absolute Gasteiger partial charge is 0.398 e. The van der Waals surface area contributed by atoms with Crippen LogP contribution in [0.5, 0.6) is 0 Å². The molecule has 1 amide bonds. The molecule has 0 saturated carbocycles. The highest BCUT2D eigenvalue weighted by atomic mass is 32.2. The zero-order valence-corrected chi connectivity index (χ0v) is 15.5. The number of rotatable bonds is 4. The molecule has 28 heavy (non-hydrogen) atoms. The molecular weight excluding hydrogens is 399 g/mol. The predicted molar refractivity (Wildman–Crippen MR) is 92.9 cm³/mol. The van der Waals surface area contributed by atoms with Crippen LogP contribution in [0.2, 0.25) is 0 Å². The zero-order chi connectivity index (χ0) is 20.3. The molecule has 0 aromatic heterocycles. The number of hydrogen-bond acceptors (Lipinski definition) is 5. The van der Waals surface area contributed by atoms with Gasteiger partial charge in [-0.2, -0.15) is 17.2 Å². The first-order chi connectivity index (χ1) is 13.2. The van der Waals surface area contributed by atoms with Crippen LogP contribution in [-0.4, -0.2) is 44.5 Å². The highest BCUT2D eigenvalue weighted by Crippen LogP contribution is 2.41. The summed E-state index contributed by atoms with van der Waals surface area (Å²) in [4.78, 5) is 14.7. The van der Waals surface area contributed by atoms with Crippen molar-refractivity contribution in [2.24, 2.45) is 0 Å². The van der Waals surface area contributed by atoms with Gasteiger partial charge >= 0.3 is 15.4 Å². The molecule has 2 aromatic carbocycles. The molecule has 2 saturated heterocycles. The standard InChI is InChI=1S/C18H16F3NO5S/c1-10-3-2-4-13-15(18(19,20)28(24,25)27-21)6-5-14(16(10)13)17(23)22-8-12-7-11(22)9-26-12/h2-6,11-12H,7-9H2,1H3. The van der Waals surface area contributed by atoms with E-state index in [4.69, 9.17) is 4.74 Å². The minimum Gasteiger partial charge on any atom is -0.374 e. The molecule has 0 radical (unpaired) electrons. The first kappa shape index (κ1) is 19.2. The fraction of sp³-hybridized carbons (Fsp3) is 0.389. The van der Waals surface area contributed by atoms with Crippen molar-refractivity contribution >= 4 is 26.8 Å². The number of amides is 1. The average molecular weight is 415 g/mol. The summed E-state index contributed by atoms with van der Waals surface area (Å²) in [5.41, 5.74) is -0.261. The minimum atomic E-state index is -5.82. The van der Waals surface area contributed by atoms with Crippen LogP contribution in [0.4, 0.5) is 13.3 Å². The van der Waals surface area contributed by atoms with Gasteiger partial charge in [-0.05, 0) is 40.3 Å². The molecule has 2 fully saturated rings. The van der Waals surface area contributed by atoms with Gasteiger partial charge in [0.25, 0.3) is 5.91 Å². The lowest BCUT2D eigenvalue weighted by Gasteiger charge is -2.28. The summed E-state index contributed by atoms with van der Waals surface area (Å²) in [5, 5.41) is -4.59. The fourth-order valence-electron chi connectivity index (χ4n) is 4.00. The molecule has 2 unspecified atom stereocenters. The molecule has 2 aliphatic heterocycles. The van der Waals surface area contributed by atoms with Crippen molar-refractivity contribution in [3.63, 3.8) is 0 Å². The first-order valence-corrected chi connectivity index (χ1v) is 9.96. The second-order valence-corrected chi connectivity index (χ2v) is 8.54. The van der Waals surface area contributed by atoms with E-state index in [-0.39, 0.29) is 34.4 Å². The van der Waals surface area contributed by atoms with Crippen LogP contribution >= 0.6 is 0 Å². The van der Waals surface area contributed by atoms with Crippen molar-refractivity contribution in [2.75, 3.05) is 13.2 Å². The van der Waals surface area contributed by atoms with Gasteiger partial charge in [0.15, 0.2) is 0 Å². The predicted octanol–water partition coefficient (Wildman–Crippen LogP) is 3.04. The van der Waals surface area contributed by atoms with Crippen LogP contribution in [0.1, 0.15) is 27.9 Å². The van der Waals surface area contributed by atoms with Crippen LogP contribution in [0.15, 0.2) is 30.3 Å². The van der Waals surface area contributed by atoms with E-state index in [1.165, 1.54) is 12.1 Å². The lowest BCUT2D eigenvalue weighted by atomic mass is 9.95. The number of fused-ring (bicyclic) bond motifs is 3. The van der Waals surface area contributed by atoms with E-state index in [0.717, 1.165) is 18.6 Å². The lowest BCUT2D eigenvalue weighted by Crippen LogP contribution is -2.41. The average Bonchev–Trinajstić information content (AvgIpc) is 3.30. The number of aryl methyl sites for hydroxylation is 1. The molecule has 2 aromatic rings. The number of nitrogens with zero attached hydrogens (tertiary/aromatic N) is 1. The number of morpholine rings is 1.